The van der Waals surface area contributed by atoms with Crippen LogP contribution < -0.4 is 10.2 Å². The van der Waals surface area contributed by atoms with Crippen LogP contribution in [0.15, 0.2) is 33.8 Å². The topological polar surface area (TPSA) is 63.8 Å². The largest absolute Gasteiger partial charge is 0.483 e. The van der Waals surface area contributed by atoms with E-state index in [-0.39, 0.29) is 12.5 Å². The van der Waals surface area contributed by atoms with Gasteiger partial charge in [-0.3, -0.25) is 4.79 Å². The Labute approximate surface area is 130 Å². The van der Waals surface area contributed by atoms with E-state index in [1.807, 2.05) is 45.9 Å². The van der Waals surface area contributed by atoms with Gasteiger partial charge in [0.1, 0.15) is 17.3 Å². The van der Waals surface area contributed by atoms with Crippen LogP contribution in [0.25, 0.3) is 0 Å². The predicted molar refractivity (Wildman–Crippen MR) is 85.3 cm³/mol. The second-order valence-electron chi connectivity index (χ2n) is 5.18. The molecule has 0 saturated heterocycles. The van der Waals surface area contributed by atoms with Crippen molar-refractivity contribution in [1.29, 1.82) is 0 Å². The Morgan fingerprint density at radius 3 is 2.59 bits per heavy atom. The van der Waals surface area contributed by atoms with Gasteiger partial charge in [0.05, 0.1) is 6.21 Å². The lowest BCUT2D eigenvalue weighted by Gasteiger charge is -2.13. The summed E-state index contributed by atoms with van der Waals surface area (Å²) in [6.07, 6.45) is 1.45. The van der Waals surface area contributed by atoms with Gasteiger partial charge in [-0.2, -0.15) is 5.10 Å². The summed E-state index contributed by atoms with van der Waals surface area (Å²) >= 11 is 0. The molecule has 0 spiro atoms. The maximum atomic E-state index is 11.7. The van der Waals surface area contributed by atoms with Crippen molar-refractivity contribution in [3.05, 3.63) is 52.5 Å². The molecule has 0 bridgehead atoms. The molecule has 0 radical (unpaired) electrons. The summed E-state index contributed by atoms with van der Waals surface area (Å²) < 4.78 is 10.9. The van der Waals surface area contributed by atoms with E-state index in [0.29, 0.717) is 5.76 Å². The number of furan rings is 1. The summed E-state index contributed by atoms with van der Waals surface area (Å²) in [6, 6.07) is 7.62. The summed E-state index contributed by atoms with van der Waals surface area (Å²) in [6.45, 7) is 7.71. The molecule has 5 nitrogen and oxygen atoms in total. The van der Waals surface area contributed by atoms with Crippen LogP contribution in [0.5, 0.6) is 5.75 Å². The number of nitrogens with zero attached hydrogens (tertiary/aromatic N) is 1. The minimum atomic E-state index is -0.320. The number of benzene rings is 1. The van der Waals surface area contributed by atoms with Crippen LogP contribution in [-0.4, -0.2) is 18.7 Å². The zero-order valence-electron chi connectivity index (χ0n) is 13.3. The fourth-order valence-corrected chi connectivity index (χ4v) is 2.01. The molecule has 0 atom stereocenters. The Morgan fingerprint density at radius 1 is 1.18 bits per heavy atom. The highest BCUT2D eigenvalue weighted by atomic mass is 16.5. The van der Waals surface area contributed by atoms with Gasteiger partial charge < -0.3 is 9.15 Å². The van der Waals surface area contributed by atoms with E-state index in [9.17, 15) is 4.79 Å². The first-order valence-corrected chi connectivity index (χ1v) is 7.05. The normalized spacial score (nSPS) is 10.9. The van der Waals surface area contributed by atoms with Gasteiger partial charge in [0.2, 0.25) is 0 Å². The Morgan fingerprint density at radius 2 is 1.91 bits per heavy atom. The average molecular weight is 300 g/mol. The molecule has 0 aliphatic rings. The quantitative estimate of drug-likeness (QED) is 0.682. The Hall–Kier alpha value is -2.56. The average Bonchev–Trinajstić information content (AvgIpc) is 2.89. The zero-order valence-corrected chi connectivity index (χ0v) is 13.3. The second kappa shape index (κ2) is 6.93. The lowest BCUT2D eigenvalue weighted by Crippen LogP contribution is -2.25. The van der Waals surface area contributed by atoms with Gasteiger partial charge in [0, 0.05) is 0 Å². The molecule has 5 heteroatoms. The molecular formula is C17H20N2O3. The lowest BCUT2D eigenvalue weighted by molar-refractivity contribution is -0.123. The molecule has 116 valence electrons. The molecule has 1 N–H and O–H groups in total. The Bertz CT molecular complexity index is 702. The van der Waals surface area contributed by atoms with Crippen LogP contribution in [0.3, 0.4) is 0 Å². The molecule has 1 aromatic heterocycles. The summed E-state index contributed by atoms with van der Waals surface area (Å²) in [7, 11) is 0. The van der Waals surface area contributed by atoms with Crippen molar-refractivity contribution in [2.75, 3.05) is 6.61 Å². The highest BCUT2D eigenvalue weighted by molar-refractivity contribution is 5.81. The number of ether oxygens (including phenoxy) is 1. The second-order valence-corrected chi connectivity index (χ2v) is 5.18. The predicted octanol–water partition coefficient (Wildman–Crippen LogP) is 3.04. The van der Waals surface area contributed by atoms with E-state index in [2.05, 4.69) is 10.5 Å². The fourth-order valence-electron chi connectivity index (χ4n) is 2.01. The SMILES string of the molecule is Cc1ccc(/C=N/NC(=O)COc2c(C)ccc(C)c2C)o1. The maximum Gasteiger partial charge on any atom is 0.277 e. The number of hydrogen-bond donors (Lipinski definition) is 1. The molecule has 1 heterocycles. The van der Waals surface area contributed by atoms with E-state index in [4.69, 9.17) is 9.15 Å². The molecule has 2 rings (SSSR count). The van der Waals surface area contributed by atoms with Crippen molar-refractivity contribution >= 4 is 12.1 Å². The van der Waals surface area contributed by atoms with E-state index in [0.717, 1.165) is 28.2 Å². The number of carbonyl (C=O) groups excluding carboxylic acids is 1. The smallest absolute Gasteiger partial charge is 0.277 e. The molecule has 0 aliphatic heterocycles. The van der Waals surface area contributed by atoms with Crippen LogP contribution in [0.1, 0.15) is 28.2 Å². The molecule has 0 fully saturated rings. The van der Waals surface area contributed by atoms with E-state index in [1.165, 1.54) is 6.21 Å². The zero-order chi connectivity index (χ0) is 16.1. The summed E-state index contributed by atoms with van der Waals surface area (Å²) in [4.78, 5) is 11.7. The van der Waals surface area contributed by atoms with Crippen LogP contribution in [-0.2, 0) is 4.79 Å². The van der Waals surface area contributed by atoms with Crippen molar-refractivity contribution in [1.82, 2.24) is 5.43 Å². The van der Waals surface area contributed by atoms with Gasteiger partial charge >= 0.3 is 0 Å². The third-order valence-electron chi connectivity index (χ3n) is 3.36. The summed E-state index contributed by atoms with van der Waals surface area (Å²) in [5.74, 6) is 1.81. The number of amides is 1. The van der Waals surface area contributed by atoms with Gasteiger partial charge in [0.25, 0.3) is 5.91 Å². The third-order valence-corrected chi connectivity index (χ3v) is 3.36. The molecule has 0 aliphatic carbocycles. The van der Waals surface area contributed by atoms with Gasteiger partial charge in [-0.05, 0) is 56.5 Å². The number of aryl methyl sites for hydroxylation is 3. The first-order chi connectivity index (χ1) is 10.5. The molecule has 2 aromatic rings. The third kappa shape index (κ3) is 3.97. The van der Waals surface area contributed by atoms with Crippen LogP contribution in [0.2, 0.25) is 0 Å². The minimum absolute atomic E-state index is 0.0837. The van der Waals surface area contributed by atoms with Crippen LogP contribution in [0, 0.1) is 27.7 Å². The number of carbonyl (C=O) groups is 1. The van der Waals surface area contributed by atoms with Crippen LogP contribution >= 0.6 is 0 Å². The Kier molecular flexibility index (Phi) is 4.99. The van der Waals surface area contributed by atoms with E-state index >= 15 is 0 Å². The number of hydrogen-bond acceptors (Lipinski definition) is 4. The number of hydrazone groups is 1. The van der Waals surface area contributed by atoms with Gasteiger partial charge in [0.15, 0.2) is 6.61 Å². The van der Waals surface area contributed by atoms with Gasteiger partial charge in [-0.15, -0.1) is 0 Å². The molecule has 0 saturated carbocycles. The van der Waals surface area contributed by atoms with Crippen molar-refractivity contribution < 1.29 is 13.9 Å². The molecule has 0 unspecified atom stereocenters. The summed E-state index contributed by atoms with van der Waals surface area (Å²) in [5.41, 5.74) is 5.59. The standard InChI is InChI=1S/C17H20N2O3/c1-11-5-6-12(2)17(14(11)4)21-10-16(20)19-18-9-15-8-7-13(3)22-15/h5-9H,10H2,1-4H3,(H,19,20)/b18-9+. The maximum absolute atomic E-state index is 11.7. The van der Waals surface area contributed by atoms with Crippen molar-refractivity contribution in [3.8, 4) is 5.75 Å². The first kappa shape index (κ1) is 15.8. The molecular weight excluding hydrogens is 280 g/mol. The van der Waals surface area contributed by atoms with Gasteiger partial charge in [-0.25, -0.2) is 5.43 Å². The molecule has 1 amide bonds. The minimum Gasteiger partial charge on any atom is -0.483 e. The van der Waals surface area contributed by atoms with Crippen LogP contribution in [0.4, 0.5) is 0 Å². The monoisotopic (exact) mass is 300 g/mol. The molecule has 22 heavy (non-hydrogen) atoms. The highest BCUT2D eigenvalue weighted by Crippen LogP contribution is 2.25. The summed E-state index contributed by atoms with van der Waals surface area (Å²) in [5, 5.41) is 3.83. The Balaban J connectivity index is 1.88. The van der Waals surface area contributed by atoms with Crippen molar-refractivity contribution in [2.24, 2.45) is 5.10 Å². The number of rotatable bonds is 5. The number of nitrogens with one attached hydrogen (secondary N) is 1. The van der Waals surface area contributed by atoms with E-state index in [1.54, 1.807) is 6.07 Å². The first-order valence-electron chi connectivity index (χ1n) is 7.05. The molecule has 1 aromatic carbocycles. The highest BCUT2D eigenvalue weighted by Gasteiger charge is 2.08. The lowest BCUT2D eigenvalue weighted by atomic mass is 10.1. The van der Waals surface area contributed by atoms with Gasteiger partial charge in [-0.1, -0.05) is 12.1 Å². The van der Waals surface area contributed by atoms with E-state index < -0.39 is 0 Å². The van der Waals surface area contributed by atoms with Crippen molar-refractivity contribution in [2.45, 2.75) is 27.7 Å². The fraction of sp³-hybridized carbons (Fsp3) is 0.294. The van der Waals surface area contributed by atoms with Crippen molar-refractivity contribution in [3.63, 3.8) is 0 Å².